The minimum absolute atomic E-state index is 0.140. The molecule has 1 aliphatic rings. The van der Waals surface area contributed by atoms with Gasteiger partial charge in [-0.15, -0.1) is 0 Å². The van der Waals surface area contributed by atoms with Crippen LogP contribution in [0, 0.1) is 0 Å². The Labute approximate surface area is 160 Å². The van der Waals surface area contributed by atoms with Crippen molar-refractivity contribution >= 4 is 11.9 Å². The van der Waals surface area contributed by atoms with Gasteiger partial charge in [-0.05, 0) is 18.4 Å². The lowest BCUT2D eigenvalue weighted by molar-refractivity contribution is 0.0383. The molecule has 1 amide bonds. The number of hydrogen-bond donors (Lipinski definition) is 2. The highest BCUT2D eigenvalue weighted by Crippen LogP contribution is 2.04. The summed E-state index contributed by atoms with van der Waals surface area (Å²) in [6.45, 7) is 5.60. The first-order valence-corrected chi connectivity index (χ1v) is 9.49. The molecule has 0 unspecified atom stereocenters. The van der Waals surface area contributed by atoms with Crippen molar-refractivity contribution in [3.05, 3.63) is 53.9 Å². The van der Waals surface area contributed by atoms with Crippen LogP contribution in [0.3, 0.4) is 0 Å². The van der Waals surface area contributed by atoms with Crippen molar-refractivity contribution < 1.29 is 9.53 Å². The molecule has 1 aromatic heterocycles. The fourth-order valence-corrected chi connectivity index (χ4v) is 2.93. The lowest BCUT2D eigenvalue weighted by Gasteiger charge is -2.26. The number of nitrogens with zero attached hydrogens (tertiary/aromatic N) is 3. The van der Waals surface area contributed by atoms with E-state index in [0.29, 0.717) is 18.1 Å². The molecule has 1 aromatic carbocycles. The van der Waals surface area contributed by atoms with Gasteiger partial charge in [-0.3, -0.25) is 9.69 Å². The summed E-state index contributed by atoms with van der Waals surface area (Å²) in [5.41, 5.74) is 1.80. The van der Waals surface area contributed by atoms with E-state index in [-0.39, 0.29) is 5.91 Å². The molecule has 0 spiro atoms. The van der Waals surface area contributed by atoms with Crippen LogP contribution >= 0.6 is 0 Å². The van der Waals surface area contributed by atoms with Crippen LogP contribution in [0.5, 0.6) is 0 Å². The van der Waals surface area contributed by atoms with Crippen LogP contribution < -0.4 is 10.6 Å². The second kappa shape index (κ2) is 10.6. The summed E-state index contributed by atoms with van der Waals surface area (Å²) in [5.74, 6) is 0.409. The zero-order chi connectivity index (χ0) is 18.7. The Hall–Kier alpha value is -2.51. The van der Waals surface area contributed by atoms with Gasteiger partial charge < -0.3 is 15.4 Å². The molecular formula is C20H27N5O2. The highest BCUT2D eigenvalue weighted by atomic mass is 16.5. The maximum atomic E-state index is 12.2. The van der Waals surface area contributed by atoms with E-state index >= 15 is 0 Å². The van der Waals surface area contributed by atoms with Gasteiger partial charge >= 0.3 is 0 Å². The summed E-state index contributed by atoms with van der Waals surface area (Å²) in [4.78, 5) is 22.9. The molecule has 2 N–H and O–H groups in total. The molecule has 0 aliphatic carbocycles. The predicted octanol–water partition coefficient (Wildman–Crippen LogP) is 1.58. The predicted molar refractivity (Wildman–Crippen MR) is 105 cm³/mol. The quantitative estimate of drug-likeness (QED) is 0.654. The van der Waals surface area contributed by atoms with Gasteiger partial charge in [0.15, 0.2) is 0 Å². The van der Waals surface area contributed by atoms with Gasteiger partial charge in [0.2, 0.25) is 5.95 Å². The molecule has 144 valence electrons. The van der Waals surface area contributed by atoms with Crippen molar-refractivity contribution in [1.29, 1.82) is 0 Å². The Morgan fingerprint density at radius 2 is 1.81 bits per heavy atom. The highest BCUT2D eigenvalue weighted by Gasteiger charge is 2.11. The average molecular weight is 369 g/mol. The molecule has 27 heavy (non-hydrogen) atoms. The monoisotopic (exact) mass is 369 g/mol. The number of carbonyl (C=O) groups is 1. The molecule has 2 heterocycles. The summed E-state index contributed by atoms with van der Waals surface area (Å²) < 4.78 is 5.31. The largest absolute Gasteiger partial charge is 0.379 e. The molecule has 7 nitrogen and oxygen atoms in total. The Bertz CT molecular complexity index is 687. The number of benzene rings is 1. The molecule has 1 aliphatic heterocycles. The van der Waals surface area contributed by atoms with E-state index in [1.807, 2.05) is 6.07 Å². The van der Waals surface area contributed by atoms with Gasteiger partial charge in [0.05, 0.1) is 18.8 Å². The Morgan fingerprint density at radius 1 is 1.07 bits per heavy atom. The molecule has 0 bridgehead atoms. The lowest BCUT2D eigenvalue weighted by atomic mass is 10.1. The summed E-state index contributed by atoms with van der Waals surface area (Å²) in [5, 5.41) is 6.11. The van der Waals surface area contributed by atoms with Crippen molar-refractivity contribution in [3.63, 3.8) is 0 Å². The van der Waals surface area contributed by atoms with Crippen LogP contribution in [0.25, 0.3) is 0 Å². The number of ether oxygens (including phenoxy) is 1. The number of rotatable bonds is 9. The van der Waals surface area contributed by atoms with Gasteiger partial charge in [-0.2, -0.15) is 0 Å². The number of hydrogen-bond acceptors (Lipinski definition) is 6. The second-order valence-electron chi connectivity index (χ2n) is 6.52. The number of carbonyl (C=O) groups excluding carboxylic acids is 1. The van der Waals surface area contributed by atoms with Crippen LogP contribution in [0.2, 0.25) is 0 Å². The zero-order valence-electron chi connectivity index (χ0n) is 15.6. The van der Waals surface area contributed by atoms with Crippen LogP contribution in [0.1, 0.15) is 22.3 Å². The molecule has 1 fully saturated rings. The topological polar surface area (TPSA) is 79.4 Å². The summed E-state index contributed by atoms with van der Waals surface area (Å²) in [6, 6.07) is 10.4. The highest BCUT2D eigenvalue weighted by molar-refractivity contribution is 5.93. The van der Waals surface area contributed by atoms with Crippen molar-refractivity contribution in [2.75, 3.05) is 51.3 Å². The molecular weight excluding hydrogens is 342 g/mol. The summed E-state index contributed by atoms with van der Waals surface area (Å²) in [6.07, 6.45) is 5.14. The first kappa shape index (κ1) is 19.3. The Morgan fingerprint density at radius 3 is 2.56 bits per heavy atom. The first-order chi connectivity index (χ1) is 13.3. The lowest BCUT2D eigenvalue weighted by Crippen LogP contribution is -2.41. The van der Waals surface area contributed by atoms with Gasteiger partial charge in [0.25, 0.3) is 5.91 Å². The Balaban J connectivity index is 1.34. The molecule has 2 aromatic rings. The summed E-state index contributed by atoms with van der Waals surface area (Å²) in [7, 11) is 0. The number of aromatic nitrogens is 2. The van der Waals surface area contributed by atoms with Gasteiger partial charge in [-0.25, -0.2) is 9.97 Å². The third-order valence-electron chi connectivity index (χ3n) is 4.50. The number of amides is 1. The van der Waals surface area contributed by atoms with E-state index in [1.54, 1.807) is 12.4 Å². The molecule has 1 saturated heterocycles. The maximum absolute atomic E-state index is 12.2. The molecule has 7 heteroatoms. The van der Waals surface area contributed by atoms with Crippen molar-refractivity contribution in [2.45, 2.75) is 12.8 Å². The molecule has 0 radical (unpaired) electrons. The average Bonchev–Trinajstić information content (AvgIpc) is 2.73. The van der Waals surface area contributed by atoms with Crippen LogP contribution in [-0.4, -0.2) is 66.7 Å². The van der Waals surface area contributed by atoms with Crippen molar-refractivity contribution in [2.24, 2.45) is 0 Å². The van der Waals surface area contributed by atoms with E-state index < -0.39 is 0 Å². The molecule has 0 saturated carbocycles. The minimum atomic E-state index is -0.140. The van der Waals surface area contributed by atoms with E-state index in [9.17, 15) is 4.79 Å². The number of morpholine rings is 1. The first-order valence-electron chi connectivity index (χ1n) is 9.49. The summed E-state index contributed by atoms with van der Waals surface area (Å²) >= 11 is 0. The smallest absolute Gasteiger partial charge is 0.254 e. The Kier molecular flexibility index (Phi) is 7.56. The second-order valence-corrected chi connectivity index (χ2v) is 6.52. The normalized spacial score (nSPS) is 14.7. The van der Waals surface area contributed by atoms with Crippen LogP contribution in [0.4, 0.5) is 5.95 Å². The third-order valence-corrected chi connectivity index (χ3v) is 4.50. The zero-order valence-corrected chi connectivity index (χ0v) is 15.6. The number of nitrogens with one attached hydrogen (secondary N) is 2. The fourth-order valence-electron chi connectivity index (χ4n) is 2.93. The number of aryl methyl sites for hydroxylation is 1. The van der Waals surface area contributed by atoms with Crippen molar-refractivity contribution in [1.82, 2.24) is 20.2 Å². The van der Waals surface area contributed by atoms with E-state index in [0.717, 1.165) is 52.2 Å². The molecule has 0 atom stereocenters. The van der Waals surface area contributed by atoms with E-state index in [2.05, 4.69) is 49.8 Å². The van der Waals surface area contributed by atoms with Crippen LogP contribution in [0.15, 0.2) is 42.7 Å². The van der Waals surface area contributed by atoms with Gasteiger partial charge in [0.1, 0.15) is 0 Å². The minimum Gasteiger partial charge on any atom is -0.379 e. The van der Waals surface area contributed by atoms with Gasteiger partial charge in [0, 0.05) is 45.1 Å². The molecule has 3 rings (SSSR count). The van der Waals surface area contributed by atoms with E-state index in [4.69, 9.17) is 4.74 Å². The fraction of sp³-hybridized carbons (Fsp3) is 0.450. The number of anilines is 1. The van der Waals surface area contributed by atoms with E-state index in [1.165, 1.54) is 5.56 Å². The van der Waals surface area contributed by atoms with Crippen LogP contribution in [-0.2, 0) is 11.2 Å². The maximum Gasteiger partial charge on any atom is 0.254 e. The third kappa shape index (κ3) is 6.62. The SMILES string of the molecule is O=C(NCCN1CCOCC1)c1cnc(NCCCc2ccccc2)nc1. The van der Waals surface area contributed by atoms with Crippen molar-refractivity contribution in [3.8, 4) is 0 Å². The van der Waals surface area contributed by atoms with Gasteiger partial charge in [-0.1, -0.05) is 30.3 Å². The standard InChI is InChI=1S/C20H27N5O2/c26-19(21-9-10-25-11-13-27-14-12-25)18-15-23-20(24-16-18)22-8-4-7-17-5-2-1-3-6-17/h1-3,5-6,15-16H,4,7-14H2,(H,21,26)(H,22,23,24).